The highest BCUT2D eigenvalue weighted by molar-refractivity contribution is 5.78. The number of hydrogen-bond acceptors (Lipinski definition) is 3. The minimum absolute atomic E-state index is 0.0107. The number of carbonyl (C=O) groups excluding carboxylic acids is 1. The molecule has 0 aliphatic carbocycles. The highest BCUT2D eigenvalue weighted by Gasteiger charge is 2.25. The Kier molecular flexibility index (Phi) is 6.02. The normalized spacial score (nSPS) is 13.9. The van der Waals surface area contributed by atoms with Gasteiger partial charge in [-0.2, -0.15) is 0 Å². The second-order valence-electron chi connectivity index (χ2n) is 6.01. The molecule has 1 aromatic carbocycles. The van der Waals surface area contributed by atoms with Gasteiger partial charge in [-0.3, -0.25) is 4.79 Å². The number of carbonyl (C=O) groups is 1. The van der Waals surface area contributed by atoms with Crippen LogP contribution in [-0.4, -0.2) is 24.6 Å². The molecule has 0 spiro atoms. The van der Waals surface area contributed by atoms with Gasteiger partial charge in [0.1, 0.15) is 5.75 Å². The van der Waals surface area contributed by atoms with E-state index in [4.69, 9.17) is 10.5 Å². The Morgan fingerprint density at radius 2 is 1.95 bits per heavy atom. The minimum atomic E-state index is -0.373. The molecule has 0 aliphatic heterocycles. The molecule has 20 heavy (non-hydrogen) atoms. The lowest BCUT2D eigenvalue weighted by Gasteiger charge is -2.31. The number of rotatable bonds is 7. The monoisotopic (exact) mass is 278 g/mol. The number of hydrogen-bond donors (Lipinski definition) is 2. The molecule has 0 saturated carbocycles. The van der Waals surface area contributed by atoms with Crippen LogP contribution in [0.25, 0.3) is 0 Å². The summed E-state index contributed by atoms with van der Waals surface area (Å²) in [5.41, 5.74) is 6.56. The Morgan fingerprint density at radius 1 is 1.35 bits per heavy atom. The van der Waals surface area contributed by atoms with Crippen LogP contribution in [0.4, 0.5) is 0 Å². The van der Waals surface area contributed by atoms with Crippen molar-refractivity contribution in [3.05, 3.63) is 29.8 Å². The Labute approximate surface area is 121 Å². The van der Waals surface area contributed by atoms with Gasteiger partial charge in [-0.05, 0) is 38.3 Å². The smallest absolute Gasteiger partial charge is 0.258 e. The molecular weight excluding hydrogens is 252 g/mol. The topological polar surface area (TPSA) is 64.3 Å². The molecule has 4 heteroatoms. The van der Waals surface area contributed by atoms with Crippen molar-refractivity contribution in [2.24, 2.45) is 11.7 Å². The molecule has 0 heterocycles. The average Bonchev–Trinajstić information content (AvgIpc) is 2.37. The van der Waals surface area contributed by atoms with Crippen LogP contribution in [0.15, 0.2) is 24.3 Å². The van der Waals surface area contributed by atoms with Crippen LogP contribution in [0.2, 0.25) is 0 Å². The highest BCUT2D eigenvalue weighted by atomic mass is 16.5. The van der Waals surface area contributed by atoms with Crippen molar-refractivity contribution < 1.29 is 9.53 Å². The first-order valence-electron chi connectivity index (χ1n) is 7.05. The first-order valence-corrected chi connectivity index (χ1v) is 7.05. The second-order valence-corrected chi connectivity index (χ2v) is 6.01. The number of aryl methyl sites for hydroxylation is 1. The molecule has 0 aromatic heterocycles. The predicted octanol–water partition coefficient (Wildman–Crippen LogP) is 2.25. The minimum Gasteiger partial charge on any atom is -0.484 e. The van der Waals surface area contributed by atoms with Gasteiger partial charge < -0.3 is 15.8 Å². The van der Waals surface area contributed by atoms with E-state index in [0.29, 0.717) is 18.2 Å². The van der Waals surface area contributed by atoms with Gasteiger partial charge in [-0.25, -0.2) is 0 Å². The van der Waals surface area contributed by atoms with E-state index in [0.717, 1.165) is 12.0 Å². The van der Waals surface area contributed by atoms with Gasteiger partial charge in [0.25, 0.3) is 5.91 Å². The molecule has 4 nitrogen and oxygen atoms in total. The van der Waals surface area contributed by atoms with Crippen molar-refractivity contribution in [1.82, 2.24) is 5.32 Å². The molecule has 3 N–H and O–H groups in total. The second kappa shape index (κ2) is 7.29. The van der Waals surface area contributed by atoms with Gasteiger partial charge in [-0.15, -0.1) is 0 Å². The van der Waals surface area contributed by atoms with Crippen LogP contribution >= 0.6 is 0 Å². The van der Waals surface area contributed by atoms with E-state index >= 15 is 0 Å². The van der Waals surface area contributed by atoms with Gasteiger partial charge in [0, 0.05) is 12.1 Å². The van der Waals surface area contributed by atoms with Crippen molar-refractivity contribution in [2.45, 2.75) is 39.7 Å². The molecule has 1 unspecified atom stereocenters. The molecule has 1 aromatic rings. The summed E-state index contributed by atoms with van der Waals surface area (Å²) in [7, 11) is 0. The fourth-order valence-corrected chi connectivity index (χ4v) is 2.24. The average molecular weight is 278 g/mol. The fraction of sp³-hybridized carbons (Fsp3) is 0.562. The van der Waals surface area contributed by atoms with E-state index in [1.165, 1.54) is 0 Å². The van der Waals surface area contributed by atoms with Crippen LogP contribution < -0.4 is 15.8 Å². The maximum atomic E-state index is 11.9. The van der Waals surface area contributed by atoms with Gasteiger partial charge in [0.05, 0.1) is 0 Å². The zero-order chi connectivity index (χ0) is 15.2. The number of ether oxygens (including phenoxy) is 1. The Morgan fingerprint density at radius 3 is 2.45 bits per heavy atom. The first-order chi connectivity index (χ1) is 9.34. The maximum absolute atomic E-state index is 11.9. The van der Waals surface area contributed by atoms with E-state index in [1.54, 1.807) is 0 Å². The third kappa shape index (κ3) is 5.61. The maximum Gasteiger partial charge on any atom is 0.258 e. The molecule has 1 amide bonds. The van der Waals surface area contributed by atoms with Gasteiger partial charge in [0.2, 0.25) is 0 Å². The van der Waals surface area contributed by atoms with Crippen LogP contribution in [-0.2, 0) is 4.79 Å². The quantitative estimate of drug-likeness (QED) is 0.804. The first kappa shape index (κ1) is 16.5. The summed E-state index contributed by atoms with van der Waals surface area (Å²) in [6.45, 7) is 8.63. The van der Waals surface area contributed by atoms with Crippen molar-refractivity contribution in [1.29, 1.82) is 0 Å². The zero-order valence-corrected chi connectivity index (χ0v) is 12.9. The summed E-state index contributed by atoms with van der Waals surface area (Å²) in [6, 6.07) is 7.63. The van der Waals surface area contributed by atoms with E-state index in [9.17, 15) is 4.79 Å². The molecule has 1 atom stereocenters. The van der Waals surface area contributed by atoms with Crippen LogP contribution in [0.1, 0.15) is 32.8 Å². The lowest BCUT2D eigenvalue weighted by Crippen LogP contribution is -2.53. The standard InChI is InChI=1S/C16H26N2O2/c1-12(2)9-16(4,11-17)18-15(19)10-20-14-7-5-13(3)6-8-14/h5-8,12H,9-11,17H2,1-4H3,(H,18,19). The molecule has 0 aliphatic rings. The number of amides is 1. The van der Waals surface area contributed by atoms with Crippen molar-refractivity contribution in [2.75, 3.05) is 13.2 Å². The van der Waals surface area contributed by atoms with E-state index in [1.807, 2.05) is 38.1 Å². The molecule has 0 fully saturated rings. The van der Waals surface area contributed by atoms with E-state index in [2.05, 4.69) is 19.2 Å². The molecule has 0 saturated heterocycles. The Balaban J connectivity index is 2.48. The molecule has 0 radical (unpaired) electrons. The van der Waals surface area contributed by atoms with E-state index in [-0.39, 0.29) is 18.1 Å². The predicted molar refractivity (Wildman–Crippen MR) is 81.7 cm³/mol. The summed E-state index contributed by atoms with van der Waals surface area (Å²) in [4.78, 5) is 11.9. The molecular formula is C16H26N2O2. The summed E-state index contributed by atoms with van der Waals surface area (Å²) in [5, 5.41) is 2.97. The lowest BCUT2D eigenvalue weighted by atomic mass is 9.91. The number of nitrogens with two attached hydrogens (primary N) is 1. The summed E-state index contributed by atoms with van der Waals surface area (Å²) >= 11 is 0. The van der Waals surface area contributed by atoms with Gasteiger partial charge in [0.15, 0.2) is 6.61 Å². The highest BCUT2D eigenvalue weighted by Crippen LogP contribution is 2.15. The van der Waals surface area contributed by atoms with Crippen LogP contribution in [0.5, 0.6) is 5.75 Å². The lowest BCUT2D eigenvalue weighted by molar-refractivity contribution is -0.125. The molecule has 0 bridgehead atoms. The van der Waals surface area contributed by atoms with E-state index < -0.39 is 0 Å². The Hall–Kier alpha value is -1.55. The third-order valence-corrected chi connectivity index (χ3v) is 3.14. The molecule has 112 valence electrons. The van der Waals surface area contributed by atoms with Crippen molar-refractivity contribution in [3.8, 4) is 5.75 Å². The van der Waals surface area contributed by atoms with Gasteiger partial charge in [-0.1, -0.05) is 31.5 Å². The van der Waals surface area contributed by atoms with Gasteiger partial charge >= 0.3 is 0 Å². The Bertz CT molecular complexity index is 429. The van der Waals surface area contributed by atoms with Crippen molar-refractivity contribution in [3.63, 3.8) is 0 Å². The molecule has 1 rings (SSSR count). The largest absolute Gasteiger partial charge is 0.484 e. The summed E-state index contributed by atoms with van der Waals surface area (Å²) < 4.78 is 5.47. The fourth-order valence-electron chi connectivity index (χ4n) is 2.24. The SMILES string of the molecule is Cc1ccc(OCC(=O)NC(C)(CN)CC(C)C)cc1. The van der Waals surface area contributed by atoms with Crippen LogP contribution in [0, 0.1) is 12.8 Å². The number of nitrogens with one attached hydrogen (secondary N) is 1. The summed E-state index contributed by atoms with van der Waals surface area (Å²) in [6.07, 6.45) is 0.847. The number of benzene rings is 1. The third-order valence-electron chi connectivity index (χ3n) is 3.14. The van der Waals surface area contributed by atoms with Crippen molar-refractivity contribution >= 4 is 5.91 Å². The summed E-state index contributed by atoms with van der Waals surface area (Å²) in [5.74, 6) is 1.03. The zero-order valence-electron chi connectivity index (χ0n) is 12.9. The van der Waals surface area contributed by atoms with Crippen LogP contribution in [0.3, 0.4) is 0 Å².